The van der Waals surface area contributed by atoms with Crippen LogP contribution in [0.15, 0.2) is 40.1 Å². The average molecular weight is 434 g/mol. The predicted molar refractivity (Wildman–Crippen MR) is 112 cm³/mol. The van der Waals surface area contributed by atoms with Crippen LogP contribution in [0, 0.1) is 0 Å². The molecule has 1 aromatic heterocycles. The fourth-order valence-electron chi connectivity index (χ4n) is 3.44. The third-order valence-corrected chi connectivity index (χ3v) is 5.70. The molecular weight excluding hydrogens is 406 g/mol. The molecule has 7 nitrogen and oxygen atoms in total. The molecule has 0 bridgehead atoms. The second-order valence-electron chi connectivity index (χ2n) is 6.68. The van der Waals surface area contributed by atoms with Crippen molar-refractivity contribution in [3.63, 3.8) is 0 Å². The first-order valence-corrected chi connectivity index (χ1v) is 10.2. The Balaban J connectivity index is 1.53. The van der Waals surface area contributed by atoms with Crippen molar-refractivity contribution >= 4 is 21.9 Å². The zero-order chi connectivity index (χ0) is 19.2. The zero-order valence-electron chi connectivity index (χ0n) is 16.3. The lowest BCUT2D eigenvalue weighted by molar-refractivity contribution is 0.138. The fourth-order valence-corrected chi connectivity index (χ4v) is 3.71. The summed E-state index contributed by atoms with van der Waals surface area (Å²) in [5.74, 6) is 1.86. The average Bonchev–Trinajstić information content (AvgIpc) is 3.16. The summed E-state index contributed by atoms with van der Waals surface area (Å²) >= 11 is 3.51. The maximum atomic E-state index is 4.45. The van der Waals surface area contributed by atoms with Crippen LogP contribution in [0.3, 0.4) is 0 Å². The van der Waals surface area contributed by atoms with Crippen LogP contribution in [-0.2, 0) is 13.1 Å². The molecule has 2 heterocycles. The van der Waals surface area contributed by atoms with E-state index in [-0.39, 0.29) is 0 Å². The molecule has 8 heteroatoms. The Hall–Kier alpha value is -1.93. The quantitative estimate of drug-likeness (QED) is 0.579. The monoisotopic (exact) mass is 433 g/mol. The SMILES string of the molecule is CCn1cnnc1CNC(=NC)N1CCN(C(C)c2ccc(Br)cc2)CC1. The number of hydrogen-bond donors (Lipinski definition) is 1. The van der Waals surface area contributed by atoms with Crippen molar-refractivity contribution < 1.29 is 0 Å². The smallest absolute Gasteiger partial charge is 0.194 e. The summed E-state index contributed by atoms with van der Waals surface area (Å²) in [7, 11) is 1.84. The number of rotatable bonds is 5. The van der Waals surface area contributed by atoms with Crippen molar-refractivity contribution in [3.05, 3.63) is 46.5 Å². The fraction of sp³-hybridized carbons (Fsp3) is 0.526. The number of halogens is 1. The van der Waals surface area contributed by atoms with Gasteiger partial charge >= 0.3 is 0 Å². The molecule has 1 fully saturated rings. The van der Waals surface area contributed by atoms with Crippen LogP contribution in [0.5, 0.6) is 0 Å². The number of hydrogen-bond acceptors (Lipinski definition) is 4. The first-order valence-electron chi connectivity index (χ1n) is 9.44. The van der Waals surface area contributed by atoms with Gasteiger partial charge in [-0.05, 0) is 31.5 Å². The number of guanidine groups is 1. The molecule has 1 atom stereocenters. The third kappa shape index (κ3) is 4.87. The second kappa shape index (κ2) is 9.32. The molecule has 146 valence electrons. The summed E-state index contributed by atoms with van der Waals surface area (Å²) in [4.78, 5) is 9.30. The highest BCUT2D eigenvalue weighted by Gasteiger charge is 2.23. The van der Waals surface area contributed by atoms with Gasteiger partial charge in [-0.2, -0.15) is 0 Å². The zero-order valence-corrected chi connectivity index (χ0v) is 17.9. The molecule has 1 saturated heterocycles. The van der Waals surface area contributed by atoms with Crippen LogP contribution in [0.25, 0.3) is 0 Å². The lowest BCUT2D eigenvalue weighted by Gasteiger charge is -2.39. The van der Waals surface area contributed by atoms with Gasteiger partial charge in [-0.3, -0.25) is 9.89 Å². The largest absolute Gasteiger partial charge is 0.349 e. The van der Waals surface area contributed by atoms with Gasteiger partial charge in [-0.15, -0.1) is 10.2 Å². The molecule has 0 saturated carbocycles. The molecular formula is C19H28BrN7. The minimum atomic E-state index is 0.415. The normalized spacial score (nSPS) is 17.2. The summed E-state index contributed by atoms with van der Waals surface area (Å²) in [5.41, 5.74) is 1.35. The molecule has 27 heavy (non-hydrogen) atoms. The van der Waals surface area contributed by atoms with Gasteiger partial charge in [0.25, 0.3) is 0 Å². The first kappa shape index (κ1) is 19.8. The van der Waals surface area contributed by atoms with Crippen molar-refractivity contribution in [3.8, 4) is 0 Å². The Morgan fingerprint density at radius 1 is 1.22 bits per heavy atom. The maximum Gasteiger partial charge on any atom is 0.194 e. The van der Waals surface area contributed by atoms with E-state index in [0.717, 1.165) is 49.0 Å². The summed E-state index contributed by atoms with van der Waals surface area (Å²) in [6, 6.07) is 9.04. The van der Waals surface area contributed by atoms with E-state index in [1.807, 2.05) is 11.6 Å². The Morgan fingerprint density at radius 2 is 1.93 bits per heavy atom. The van der Waals surface area contributed by atoms with Gasteiger partial charge in [-0.25, -0.2) is 0 Å². The standard InChI is InChI=1S/C19H28BrN7/c1-4-25-14-23-24-18(25)13-22-19(21-3)27-11-9-26(10-12-27)15(2)16-5-7-17(20)8-6-16/h5-8,14-15H,4,9-13H2,1-3H3,(H,21,22). The van der Waals surface area contributed by atoms with Crippen molar-refractivity contribution in [2.75, 3.05) is 33.2 Å². The lowest BCUT2D eigenvalue weighted by Crippen LogP contribution is -2.52. The van der Waals surface area contributed by atoms with Crippen LogP contribution < -0.4 is 5.32 Å². The summed E-state index contributed by atoms with van der Waals surface area (Å²) in [6.07, 6.45) is 1.77. The molecule has 0 aliphatic carbocycles. The van der Waals surface area contributed by atoms with E-state index in [1.165, 1.54) is 5.56 Å². The predicted octanol–water partition coefficient (Wildman–Crippen LogP) is 2.51. The van der Waals surface area contributed by atoms with E-state index >= 15 is 0 Å². The van der Waals surface area contributed by atoms with E-state index < -0.39 is 0 Å². The van der Waals surface area contributed by atoms with Gasteiger partial charge in [0.2, 0.25) is 0 Å². The van der Waals surface area contributed by atoms with Gasteiger partial charge in [0.1, 0.15) is 6.33 Å². The minimum absolute atomic E-state index is 0.415. The molecule has 0 radical (unpaired) electrons. The number of nitrogens with one attached hydrogen (secondary N) is 1. The van der Waals surface area contributed by atoms with Gasteiger partial charge in [0.15, 0.2) is 11.8 Å². The summed E-state index contributed by atoms with van der Waals surface area (Å²) in [5, 5.41) is 11.6. The van der Waals surface area contributed by atoms with Crippen molar-refractivity contribution in [2.24, 2.45) is 4.99 Å². The van der Waals surface area contributed by atoms with Gasteiger partial charge in [0.05, 0.1) is 6.54 Å². The van der Waals surface area contributed by atoms with E-state index in [0.29, 0.717) is 12.6 Å². The molecule has 0 amide bonds. The number of nitrogens with zero attached hydrogens (tertiary/aromatic N) is 6. The molecule has 1 unspecified atom stereocenters. The van der Waals surface area contributed by atoms with Crippen LogP contribution in [0.1, 0.15) is 31.3 Å². The van der Waals surface area contributed by atoms with Crippen molar-refractivity contribution in [1.82, 2.24) is 29.9 Å². The Bertz CT molecular complexity index is 748. The number of aromatic nitrogens is 3. The first-order chi connectivity index (χ1) is 13.1. The van der Waals surface area contributed by atoms with Crippen LogP contribution >= 0.6 is 15.9 Å². The van der Waals surface area contributed by atoms with Crippen molar-refractivity contribution in [1.29, 1.82) is 0 Å². The highest BCUT2D eigenvalue weighted by molar-refractivity contribution is 9.10. The Labute approximate surface area is 169 Å². The van der Waals surface area contributed by atoms with E-state index in [1.54, 1.807) is 6.33 Å². The molecule has 1 aromatic carbocycles. The molecule has 1 aliphatic heterocycles. The number of benzene rings is 1. The molecule has 1 N–H and O–H groups in total. The van der Waals surface area contributed by atoms with Gasteiger partial charge in [-0.1, -0.05) is 28.1 Å². The number of aryl methyl sites for hydroxylation is 1. The van der Waals surface area contributed by atoms with E-state index in [4.69, 9.17) is 0 Å². The van der Waals surface area contributed by atoms with Gasteiger partial charge < -0.3 is 14.8 Å². The maximum absolute atomic E-state index is 4.45. The highest BCUT2D eigenvalue weighted by atomic mass is 79.9. The van der Waals surface area contributed by atoms with E-state index in [9.17, 15) is 0 Å². The number of piperazine rings is 1. The van der Waals surface area contributed by atoms with E-state index in [2.05, 4.69) is 84.3 Å². The summed E-state index contributed by atoms with van der Waals surface area (Å²) < 4.78 is 3.16. The third-order valence-electron chi connectivity index (χ3n) is 5.17. The molecule has 2 aromatic rings. The van der Waals surface area contributed by atoms with Crippen LogP contribution in [0.2, 0.25) is 0 Å². The second-order valence-corrected chi connectivity index (χ2v) is 7.60. The molecule has 1 aliphatic rings. The van der Waals surface area contributed by atoms with Crippen molar-refractivity contribution in [2.45, 2.75) is 33.0 Å². The highest BCUT2D eigenvalue weighted by Crippen LogP contribution is 2.23. The molecule has 0 spiro atoms. The molecule has 3 rings (SSSR count). The number of aliphatic imine (C=N–C) groups is 1. The van der Waals surface area contributed by atoms with Gasteiger partial charge in [0, 0.05) is 50.3 Å². The lowest BCUT2D eigenvalue weighted by atomic mass is 10.1. The Morgan fingerprint density at radius 3 is 2.56 bits per heavy atom. The van der Waals surface area contributed by atoms with Crippen LogP contribution in [0.4, 0.5) is 0 Å². The summed E-state index contributed by atoms with van der Waals surface area (Å²) in [6.45, 7) is 9.83. The topological polar surface area (TPSA) is 61.6 Å². The Kier molecular flexibility index (Phi) is 6.84. The van der Waals surface area contributed by atoms with Crippen LogP contribution in [-0.4, -0.2) is 63.8 Å². The minimum Gasteiger partial charge on any atom is -0.349 e.